The molecule has 0 radical (unpaired) electrons. The van der Waals surface area contributed by atoms with Gasteiger partial charge in [-0.25, -0.2) is 0 Å². The van der Waals surface area contributed by atoms with Crippen LogP contribution in [0.25, 0.3) is 11.4 Å². The third-order valence-electron chi connectivity index (χ3n) is 5.71. The number of fused-ring (bicyclic) bond motifs is 3. The summed E-state index contributed by atoms with van der Waals surface area (Å²) in [4.78, 5) is 1.46. The zero-order valence-corrected chi connectivity index (χ0v) is 14.6. The van der Waals surface area contributed by atoms with Crippen LogP contribution < -0.4 is 0 Å². The minimum atomic E-state index is 0.105. The third kappa shape index (κ3) is 2.02. The normalized spacial score (nSPS) is 18.8. The van der Waals surface area contributed by atoms with E-state index in [1.165, 1.54) is 53.9 Å². The van der Waals surface area contributed by atoms with Crippen molar-refractivity contribution in [1.82, 2.24) is 14.8 Å². The highest BCUT2D eigenvalue weighted by atomic mass is 32.1. The van der Waals surface area contributed by atoms with Gasteiger partial charge in [-0.15, -0.1) is 21.5 Å². The molecule has 3 aromatic rings. The fraction of sp³-hybridized carbons (Fsp3) is 0.400. The molecule has 0 N–H and O–H groups in total. The number of rotatable bonds is 2. The van der Waals surface area contributed by atoms with Crippen molar-refractivity contribution in [3.8, 4) is 11.4 Å². The Bertz CT molecular complexity index is 859. The second kappa shape index (κ2) is 5.55. The van der Waals surface area contributed by atoms with Gasteiger partial charge in [-0.3, -0.25) is 0 Å². The van der Waals surface area contributed by atoms with Gasteiger partial charge in [0.25, 0.3) is 0 Å². The van der Waals surface area contributed by atoms with E-state index < -0.39 is 0 Å². The lowest BCUT2D eigenvalue weighted by molar-refractivity contribution is 0.279. The molecule has 0 saturated heterocycles. The van der Waals surface area contributed by atoms with Crippen LogP contribution in [0.15, 0.2) is 41.8 Å². The summed E-state index contributed by atoms with van der Waals surface area (Å²) in [5, 5.41) is 11.6. The van der Waals surface area contributed by atoms with Crippen molar-refractivity contribution >= 4 is 11.3 Å². The van der Waals surface area contributed by atoms with E-state index >= 15 is 0 Å². The molecule has 0 spiro atoms. The van der Waals surface area contributed by atoms with E-state index in [2.05, 4.69) is 51.4 Å². The van der Waals surface area contributed by atoms with Gasteiger partial charge in [0.05, 0.1) is 5.41 Å². The first-order valence-corrected chi connectivity index (χ1v) is 9.82. The number of hydrogen-bond donors (Lipinski definition) is 0. The molecule has 24 heavy (non-hydrogen) atoms. The number of benzene rings is 1. The van der Waals surface area contributed by atoms with Crippen LogP contribution in [0, 0.1) is 0 Å². The molecule has 0 amide bonds. The van der Waals surface area contributed by atoms with Crippen LogP contribution in [0.1, 0.15) is 48.4 Å². The van der Waals surface area contributed by atoms with Crippen molar-refractivity contribution < 1.29 is 0 Å². The van der Waals surface area contributed by atoms with Crippen LogP contribution in [0.2, 0.25) is 0 Å². The highest BCUT2D eigenvalue weighted by Crippen LogP contribution is 2.50. The molecule has 1 fully saturated rings. The van der Waals surface area contributed by atoms with Crippen molar-refractivity contribution in [1.29, 1.82) is 0 Å². The molecular weight excluding hydrogens is 314 g/mol. The number of aromatic nitrogens is 3. The Morgan fingerprint density at radius 1 is 0.958 bits per heavy atom. The van der Waals surface area contributed by atoms with Gasteiger partial charge in [-0.1, -0.05) is 36.8 Å². The first-order chi connectivity index (χ1) is 11.9. The zero-order valence-electron chi connectivity index (χ0n) is 13.7. The molecule has 4 heteroatoms. The third-order valence-corrected chi connectivity index (χ3v) is 6.79. The van der Waals surface area contributed by atoms with Gasteiger partial charge < -0.3 is 4.57 Å². The van der Waals surface area contributed by atoms with Crippen LogP contribution in [0.3, 0.4) is 0 Å². The van der Waals surface area contributed by atoms with E-state index in [4.69, 9.17) is 5.10 Å². The highest BCUT2D eigenvalue weighted by Gasteiger charge is 2.45. The monoisotopic (exact) mass is 335 g/mol. The lowest BCUT2D eigenvalue weighted by Crippen LogP contribution is -2.38. The van der Waals surface area contributed by atoms with Crippen LogP contribution in [0.4, 0.5) is 0 Å². The summed E-state index contributed by atoms with van der Waals surface area (Å²) < 4.78 is 2.43. The molecule has 2 aliphatic rings. The Labute approximate surface area is 146 Å². The van der Waals surface area contributed by atoms with E-state index in [0.717, 1.165) is 18.8 Å². The average Bonchev–Trinajstić information content (AvgIpc) is 3.20. The maximum absolute atomic E-state index is 4.75. The molecule has 1 saturated carbocycles. The molecule has 0 unspecified atom stereocenters. The number of nitrogens with zero attached hydrogens (tertiary/aromatic N) is 3. The SMILES string of the molecule is c1csc(C2(c3nnc4n3CCCCc3ccccc3-4)CCC2)c1. The van der Waals surface area contributed by atoms with Crippen LogP contribution in [0.5, 0.6) is 0 Å². The van der Waals surface area contributed by atoms with Gasteiger partial charge in [-0.05, 0) is 49.1 Å². The van der Waals surface area contributed by atoms with Crippen molar-refractivity contribution in [2.45, 2.75) is 50.5 Å². The fourth-order valence-electron chi connectivity index (χ4n) is 4.27. The maximum Gasteiger partial charge on any atom is 0.164 e. The summed E-state index contributed by atoms with van der Waals surface area (Å²) in [5.74, 6) is 2.27. The molecule has 1 aliphatic heterocycles. The zero-order chi connectivity index (χ0) is 16.0. The Morgan fingerprint density at radius 3 is 2.67 bits per heavy atom. The Balaban J connectivity index is 1.69. The van der Waals surface area contributed by atoms with E-state index in [9.17, 15) is 0 Å². The molecule has 3 heterocycles. The summed E-state index contributed by atoms with van der Waals surface area (Å²) in [6, 6.07) is 13.2. The van der Waals surface area contributed by atoms with Gasteiger partial charge in [0, 0.05) is 17.0 Å². The predicted molar refractivity (Wildman–Crippen MR) is 97.3 cm³/mol. The van der Waals surface area contributed by atoms with Gasteiger partial charge >= 0.3 is 0 Å². The summed E-state index contributed by atoms with van der Waals surface area (Å²) in [6.45, 7) is 1.04. The molecular formula is C20H21N3S. The van der Waals surface area contributed by atoms with Crippen LogP contribution in [-0.2, 0) is 18.4 Å². The van der Waals surface area contributed by atoms with Gasteiger partial charge in [-0.2, -0.15) is 0 Å². The molecule has 1 aromatic carbocycles. The van der Waals surface area contributed by atoms with Crippen molar-refractivity contribution in [3.63, 3.8) is 0 Å². The van der Waals surface area contributed by atoms with Crippen molar-refractivity contribution in [2.75, 3.05) is 0 Å². The van der Waals surface area contributed by atoms with Crippen LogP contribution >= 0.6 is 11.3 Å². The quantitative estimate of drug-likeness (QED) is 0.672. The molecule has 3 nitrogen and oxygen atoms in total. The topological polar surface area (TPSA) is 30.7 Å². The smallest absolute Gasteiger partial charge is 0.164 e. The Morgan fingerprint density at radius 2 is 1.88 bits per heavy atom. The number of thiophene rings is 1. The Hall–Kier alpha value is -1.94. The molecule has 1 aliphatic carbocycles. The minimum Gasteiger partial charge on any atom is -0.310 e. The second-order valence-corrected chi connectivity index (χ2v) is 7.97. The standard InChI is InChI=1S/C20H21N3S/c1-2-9-16-15(7-1)8-3-4-13-23-18(16)21-22-19(23)20(11-6-12-20)17-10-5-14-24-17/h1-2,5,7,9-10,14H,3-4,6,8,11-13H2. The van der Waals surface area contributed by atoms with Gasteiger partial charge in [0.1, 0.15) is 5.82 Å². The lowest BCUT2D eigenvalue weighted by Gasteiger charge is -2.40. The average molecular weight is 335 g/mol. The lowest BCUT2D eigenvalue weighted by atomic mass is 9.67. The summed E-state index contributed by atoms with van der Waals surface area (Å²) in [6.07, 6.45) is 7.28. The molecule has 0 bridgehead atoms. The van der Waals surface area contributed by atoms with Crippen molar-refractivity contribution in [3.05, 3.63) is 58.0 Å². The predicted octanol–water partition coefficient (Wildman–Crippen LogP) is 4.81. The largest absolute Gasteiger partial charge is 0.310 e. The summed E-state index contributed by atoms with van der Waals surface area (Å²) in [5.41, 5.74) is 2.79. The summed E-state index contributed by atoms with van der Waals surface area (Å²) >= 11 is 1.87. The fourth-order valence-corrected chi connectivity index (χ4v) is 5.25. The van der Waals surface area contributed by atoms with E-state index in [0.29, 0.717) is 0 Å². The van der Waals surface area contributed by atoms with E-state index in [1.807, 2.05) is 11.3 Å². The van der Waals surface area contributed by atoms with Crippen molar-refractivity contribution in [2.24, 2.45) is 0 Å². The molecule has 0 atom stereocenters. The molecule has 122 valence electrons. The first-order valence-electron chi connectivity index (χ1n) is 8.94. The minimum absolute atomic E-state index is 0.105. The second-order valence-electron chi connectivity index (χ2n) is 7.03. The first kappa shape index (κ1) is 14.4. The van der Waals surface area contributed by atoms with Gasteiger partial charge in [0.2, 0.25) is 0 Å². The van der Waals surface area contributed by atoms with E-state index in [1.54, 1.807) is 0 Å². The maximum atomic E-state index is 4.75. The summed E-state index contributed by atoms with van der Waals surface area (Å²) in [7, 11) is 0. The van der Waals surface area contributed by atoms with Crippen LogP contribution in [-0.4, -0.2) is 14.8 Å². The van der Waals surface area contributed by atoms with E-state index in [-0.39, 0.29) is 5.41 Å². The Kier molecular flexibility index (Phi) is 3.33. The number of aryl methyl sites for hydroxylation is 1. The molecule has 2 aromatic heterocycles. The van der Waals surface area contributed by atoms with Gasteiger partial charge in [0.15, 0.2) is 5.82 Å². The highest BCUT2D eigenvalue weighted by molar-refractivity contribution is 7.10. The number of hydrogen-bond acceptors (Lipinski definition) is 3. The molecule has 5 rings (SSSR count).